The molecule has 1 aliphatic rings. The van der Waals surface area contributed by atoms with E-state index in [4.69, 9.17) is 14.5 Å². The smallest absolute Gasteiger partial charge is 0.194 e. The van der Waals surface area contributed by atoms with Crippen molar-refractivity contribution in [1.29, 1.82) is 0 Å². The third-order valence-electron chi connectivity index (χ3n) is 5.59. The van der Waals surface area contributed by atoms with Crippen LogP contribution in [0.1, 0.15) is 32.2 Å². The number of aliphatic imine (C=N–C) groups is 1. The van der Waals surface area contributed by atoms with E-state index in [0.717, 1.165) is 69.1 Å². The summed E-state index contributed by atoms with van der Waals surface area (Å²) in [6.07, 6.45) is 3.91. The third-order valence-corrected chi connectivity index (χ3v) is 5.59. The van der Waals surface area contributed by atoms with Gasteiger partial charge >= 0.3 is 0 Å². The highest BCUT2D eigenvalue weighted by molar-refractivity contribution is 5.80. The van der Waals surface area contributed by atoms with Gasteiger partial charge < -0.3 is 24.3 Å². The van der Waals surface area contributed by atoms with Crippen molar-refractivity contribution < 1.29 is 9.47 Å². The number of imidazole rings is 1. The SMILES string of the molecule is CCNC(=NCc1nccn1CC(C)C)N1CCN(Cc2ccc(OC)c(OC)c2)CC1. The standard InChI is InChI=1S/C24H38N6O2/c1-6-25-24(27-16-23-26-9-10-30(23)17-19(2)3)29-13-11-28(12-14-29)18-20-7-8-21(31-4)22(15-20)32-5/h7-10,15,19H,6,11-14,16-18H2,1-5H3,(H,25,27). The number of ether oxygens (including phenoxy) is 2. The molecule has 1 N–H and O–H groups in total. The van der Waals surface area contributed by atoms with Gasteiger partial charge in [0.1, 0.15) is 12.4 Å². The third kappa shape index (κ3) is 6.38. The highest BCUT2D eigenvalue weighted by Gasteiger charge is 2.20. The summed E-state index contributed by atoms with van der Waals surface area (Å²) >= 11 is 0. The second-order valence-corrected chi connectivity index (χ2v) is 8.51. The first kappa shape index (κ1) is 23.9. The summed E-state index contributed by atoms with van der Waals surface area (Å²) in [6.45, 7) is 13.7. The first-order chi connectivity index (χ1) is 15.5. The number of aromatic nitrogens is 2. The molecule has 0 saturated carbocycles. The van der Waals surface area contributed by atoms with Crippen molar-refractivity contribution in [3.05, 3.63) is 42.0 Å². The van der Waals surface area contributed by atoms with Crippen molar-refractivity contribution in [1.82, 2.24) is 24.7 Å². The summed E-state index contributed by atoms with van der Waals surface area (Å²) in [5, 5.41) is 3.46. The van der Waals surface area contributed by atoms with Crippen molar-refractivity contribution in [3.63, 3.8) is 0 Å². The number of piperazine rings is 1. The molecule has 1 fully saturated rings. The van der Waals surface area contributed by atoms with Crippen molar-refractivity contribution in [2.75, 3.05) is 46.9 Å². The predicted octanol–water partition coefficient (Wildman–Crippen LogP) is 2.84. The Balaban J connectivity index is 1.58. The van der Waals surface area contributed by atoms with Gasteiger partial charge in [0.2, 0.25) is 0 Å². The van der Waals surface area contributed by atoms with Gasteiger partial charge in [0, 0.05) is 58.2 Å². The van der Waals surface area contributed by atoms with E-state index in [9.17, 15) is 0 Å². The Morgan fingerprint density at radius 3 is 2.53 bits per heavy atom. The van der Waals surface area contributed by atoms with E-state index in [1.807, 2.05) is 18.5 Å². The van der Waals surface area contributed by atoms with Crippen LogP contribution in [0, 0.1) is 5.92 Å². The quantitative estimate of drug-likeness (QED) is 0.476. The number of hydrogen-bond acceptors (Lipinski definition) is 5. The Hall–Kier alpha value is -2.74. The number of benzene rings is 1. The van der Waals surface area contributed by atoms with Crippen LogP contribution in [0.2, 0.25) is 0 Å². The number of rotatable bonds is 9. The maximum Gasteiger partial charge on any atom is 0.194 e. The molecule has 32 heavy (non-hydrogen) atoms. The van der Waals surface area contributed by atoms with E-state index in [0.29, 0.717) is 12.5 Å². The Bertz CT molecular complexity index is 871. The minimum absolute atomic E-state index is 0.582. The molecule has 0 aliphatic carbocycles. The van der Waals surface area contributed by atoms with Gasteiger partial charge in [-0.2, -0.15) is 0 Å². The van der Waals surface area contributed by atoms with Gasteiger partial charge in [-0.15, -0.1) is 0 Å². The Morgan fingerprint density at radius 1 is 1.12 bits per heavy atom. The second kappa shape index (κ2) is 11.8. The lowest BCUT2D eigenvalue weighted by Gasteiger charge is -2.36. The molecular formula is C24H38N6O2. The van der Waals surface area contributed by atoms with E-state index in [-0.39, 0.29) is 0 Å². The molecule has 176 valence electrons. The van der Waals surface area contributed by atoms with Crippen LogP contribution in [0.25, 0.3) is 0 Å². The second-order valence-electron chi connectivity index (χ2n) is 8.51. The molecule has 8 nitrogen and oxygen atoms in total. The van der Waals surface area contributed by atoms with Crippen molar-refractivity contribution in [3.8, 4) is 11.5 Å². The zero-order valence-electron chi connectivity index (χ0n) is 20.2. The molecule has 1 aromatic heterocycles. The minimum Gasteiger partial charge on any atom is -0.493 e. The lowest BCUT2D eigenvalue weighted by Crippen LogP contribution is -2.52. The summed E-state index contributed by atoms with van der Waals surface area (Å²) in [4.78, 5) is 14.2. The fraction of sp³-hybridized carbons (Fsp3) is 0.583. The van der Waals surface area contributed by atoms with Crippen molar-refractivity contribution in [2.45, 2.75) is 40.4 Å². The van der Waals surface area contributed by atoms with E-state index in [2.05, 4.69) is 57.6 Å². The van der Waals surface area contributed by atoms with Crippen LogP contribution in [-0.2, 0) is 19.6 Å². The molecule has 2 heterocycles. The van der Waals surface area contributed by atoms with Crippen LogP contribution in [0.5, 0.6) is 11.5 Å². The fourth-order valence-corrected chi connectivity index (χ4v) is 3.98. The fourth-order valence-electron chi connectivity index (χ4n) is 3.98. The van der Waals surface area contributed by atoms with Gasteiger partial charge in [-0.05, 0) is 30.5 Å². The highest BCUT2D eigenvalue weighted by Crippen LogP contribution is 2.28. The molecule has 0 unspecified atom stereocenters. The summed E-state index contributed by atoms with van der Waals surface area (Å²) < 4.78 is 13.0. The van der Waals surface area contributed by atoms with Crippen LogP contribution < -0.4 is 14.8 Å². The molecule has 1 aromatic carbocycles. The molecule has 8 heteroatoms. The molecule has 0 bridgehead atoms. The van der Waals surface area contributed by atoms with Gasteiger partial charge in [-0.3, -0.25) is 4.90 Å². The lowest BCUT2D eigenvalue weighted by atomic mass is 10.1. The van der Waals surface area contributed by atoms with Crippen LogP contribution in [0.4, 0.5) is 0 Å². The normalized spacial score (nSPS) is 15.3. The summed E-state index contributed by atoms with van der Waals surface area (Å²) in [5.74, 6) is 4.11. The average Bonchev–Trinajstić information content (AvgIpc) is 3.23. The maximum atomic E-state index is 5.45. The number of methoxy groups -OCH3 is 2. The average molecular weight is 443 g/mol. The van der Waals surface area contributed by atoms with Crippen LogP contribution in [-0.4, -0.2) is 72.3 Å². The Morgan fingerprint density at radius 2 is 1.88 bits per heavy atom. The number of nitrogens with zero attached hydrogens (tertiary/aromatic N) is 5. The number of hydrogen-bond donors (Lipinski definition) is 1. The number of guanidine groups is 1. The summed E-state index contributed by atoms with van der Waals surface area (Å²) in [5.41, 5.74) is 1.23. The monoisotopic (exact) mass is 442 g/mol. The van der Waals surface area contributed by atoms with E-state index < -0.39 is 0 Å². The molecule has 0 amide bonds. The van der Waals surface area contributed by atoms with Gasteiger partial charge in [0.05, 0.1) is 14.2 Å². The topological polar surface area (TPSA) is 67.2 Å². The molecule has 1 saturated heterocycles. The first-order valence-electron chi connectivity index (χ1n) is 11.5. The van der Waals surface area contributed by atoms with Crippen molar-refractivity contribution >= 4 is 5.96 Å². The molecule has 2 aromatic rings. The van der Waals surface area contributed by atoms with Crippen LogP contribution in [0.3, 0.4) is 0 Å². The summed E-state index contributed by atoms with van der Waals surface area (Å²) in [6, 6.07) is 6.15. The van der Waals surface area contributed by atoms with Gasteiger partial charge in [0.15, 0.2) is 17.5 Å². The van der Waals surface area contributed by atoms with Crippen LogP contribution >= 0.6 is 0 Å². The lowest BCUT2D eigenvalue weighted by molar-refractivity contribution is 0.172. The van der Waals surface area contributed by atoms with Gasteiger partial charge in [-0.25, -0.2) is 9.98 Å². The van der Waals surface area contributed by atoms with Crippen molar-refractivity contribution in [2.24, 2.45) is 10.9 Å². The molecule has 0 atom stereocenters. The van der Waals surface area contributed by atoms with Gasteiger partial charge in [-0.1, -0.05) is 19.9 Å². The minimum atomic E-state index is 0.582. The van der Waals surface area contributed by atoms with E-state index in [1.54, 1.807) is 14.2 Å². The van der Waals surface area contributed by atoms with Gasteiger partial charge in [0.25, 0.3) is 0 Å². The Kier molecular flexibility index (Phi) is 8.79. The zero-order chi connectivity index (χ0) is 22.9. The predicted molar refractivity (Wildman–Crippen MR) is 128 cm³/mol. The molecule has 0 radical (unpaired) electrons. The molecule has 3 rings (SSSR count). The highest BCUT2D eigenvalue weighted by atomic mass is 16.5. The summed E-state index contributed by atoms with van der Waals surface area (Å²) in [7, 11) is 3.34. The largest absolute Gasteiger partial charge is 0.493 e. The molecule has 1 aliphatic heterocycles. The molecule has 0 spiro atoms. The van der Waals surface area contributed by atoms with E-state index in [1.165, 1.54) is 5.56 Å². The maximum absolute atomic E-state index is 5.45. The molecular weight excluding hydrogens is 404 g/mol. The van der Waals surface area contributed by atoms with E-state index >= 15 is 0 Å². The number of nitrogens with one attached hydrogen (secondary N) is 1. The Labute approximate surface area is 192 Å². The zero-order valence-corrected chi connectivity index (χ0v) is 20.2. The van der Waals surface area contributed by atoms with Crippen LogP contribution in [0.15, 0.2) is 35.6 Å². The first-order valence-corrected chi connectivity index (χ1v) is 11.5.